The number of phenolic OH excluding ortho intramolecular Hbond substituents is 2. The molecule has 0 saturated carbocycles. The minimum Gasteiger partial charge on any atom is -0.502 e. The van der Waals surface area contributed by atoms with Gasteiger partial charge in [0, 0.05) is 0 Å². The molecule has 2 aromatic rings. The van der Waals surface area contributed by atoms with Crippen molar-refractivity contribution in [1.82, 2.24) is 0 Å². The first-order valence-corrected chi connectivity index (χ1v) is 8.81. The number of benzene rings is 2. The average Bonchev–Trinajstić information content (AvgIpc) is 2.62. The van der Waals surface area contributed by atoms with Crippen LogP contribution in [0.2, 0.25) is 0 Å². The minimum atomic E-state index is -0.0358. The molecule has 0 heterocycles. The summed E-state index contributed by atoms with van der Waals surface area (Å²) >= 11 is 0. The number of hydrogen-bond acceptors (Lipinski definition) is 6. The van der Waals surface area contributed by atoms with Gasteiger partial charge < -0.3 is 29.2 Å². The van der Waals surface area contributed by atoms with Gasteiger partial charge in [-0.15, -0.1) is 0 Å². The molecular formula is C20H26O6. The fourth-order valence-corrected chi connectivity index (χ4v) is 2.56. The van der Waals surface area contributed by atoms with Gasteiger partial charge in [0.2, 0.25) is 11.5 Å². The number of ether oxygens (including phenoxy) is 4. The molecule has 0 bridgehead atoms. The van der Waals surface area contributed by atoms with Crippen molar-refractivity contribution >= 4 is 0 Å². The van der Waals surface area contributed by atoms with E-state index in [1.807, 2.05) is 27.7 Å². The Morgan fingerprint density at radius 2 is 0.769 bits per heavy atom. The van der Waals surface area contributed by atoms with Gasteiger partial charge in [-0.3, -0.25) is 0 Å². The number of phenols is 2. The second-order valence-corrected chi connectivity index (χ2v) is 5.37. The molecule has 2 rings (SSSR count). The van der Waals surface area contributed by atoms with Crippen LogP contribution in [0, 0.1) is 0 Å². The number of hydrogen-bond donors (Lipinski definition) is 2. The molecule has 6 heteroatoms. The highest BCUT2D eigenvalue weighted by Crippen LogP contribution is 2.45. The van der Waals surface area contributed by atoms with Crippen LogP contribution in [-0.2, 0) is 0 Å². The zero-order valence-corrected chi connectivity index (χ0v) is 15.7. The second-order valence-electron chi connectivity index (χ2n) is 5.37. The monoisotopic (exact) mass is 362 g/mol. The Kier molecular flexibility index (Phi) is 6.83. The molecule has 0 aliphatic rings. The van der Waals surface area contributed by atoms with E-state index in [2.05, 4.69) is 0 Å². The standard InChI is InChI=1S/C20H26O6/c1-5-23-15-9-13(10-16(19(15)21)24-6-2)14-11-17(25-7-3)20(22)18(12-14)26-8-4/h9-12,21-22H,5-8H2,1-4H3. The molecule has 0 spiro atoms. The van der Waals surface area contributed by atoms with Crippen molar-refractivity contribution < 1.29 is 29.2 Å². The van der Waals surface area contributed by atoms with E-state index >= 15 is 0 Å². The van der Waals surface area contributed by atoms with Crippen molar-refractivity contribution in [1.29, 1.82) is 0 Å². The fourth-order valence-electron chi connectivity index (χ4n) is 2.56. The largest absolute Gasteiger partial charge is 0.502 e. The van der Waals surface area contributed by atoms with E-state index in [0.717, 1.165) is 11.1 Å². The lowest BCUT2D eigenvalue weighted by molar-refractivity contribution is 0.289. The summed E-state index contributed by atoms with van der Waals surface area (Å²) in [5.41, 5.74) is 1.49. The summed E-state index contributed by atoms with van der Waals surface area (Å²) in [6.07, 6.45) is 0. The fraction of sp³-hybridized carbons (Fsp3) is 0.400. The first-order chi connectivity index (χ1) is 12.5. The van der Waals surface area contributed by atoms with Crippen molar-refractivity contribution in [2.45, 2.75) is 27.7 Å². The highest BCUT2D eigenvalue weighted by Gasteiger charge is 2.17. The highest BCUT2D eigenvalue weighted by atomic mass is 16.5. The normalized spacial score (nSPS) is 10.5. The van der Waals surface area contributed by atoms with Gasteiger partial charge in [-0.1, -0.05) is 0 Å². The molecule has 0 aliphatic heterocycles. The second kappa shape index (κ2) is 9.08. The van der Waals surface area contributed by atoms with Crippen molar-refractivity contribution in [3.8, 4) is 45.6 Å². The third-order valence-corrected chi connectivity index (χ3v) is 3.61. The molecule has 0 aromatic heterocycles. The van der Waals surface area contributed by atoms with Crippen molar-refractivity contribution in [2.24, 2.45) is 0 Å². The molecule has 0 fully saturated rings. The zero-order chi connectivity index (χ0) is 19.1. The lowest BCUT2D eigenvalue weighted by Crippen LogP contribution is -1.99. The Labute approximate surface area is 153 Å². The quantitative estimate of drug-likeness (QED) is 0.690. The van der Waals surface area contributed by atoms with Crippen LogP contribution in [-0.4, -0.2) is 36.6 Å². The Hall–Kier alpha value is -2.76. The minimum absolute atomic E-state index is 0.0358. The average molecular weight is 362 g/mol. The van der Waals surface area contributed by atoms with E-state index < -0.39 is 0 Å². The smallest absolute Gasteiger partial charge is 0.200 e. The molecule has 0 unspecified atom stereocenters. The lowest BCUT2D eigenvalue weighted by Gasteiger charge is -2.16. The molecule has 0 radical (unpaired) electrons. The van der Waals surface area contributed by atoms with Gasteiger partial charge in [-0.05, 0) is 63.1 Å². The molecule has 0 aliphatic carbocycles. The summed E-state index contributed by atoms with van der Waals surface area (Å²) in [5.74, 6) is 1.25. The molecule has 0 atom stereocenters. The van der Waals surface area contributed by atoms with Gasteiger partial charge >= 0.3 is 0 Å². The summed E-state index contributed by atoms with van der Waals surface area (Å²) in [6.45, 7) is 9.00. The van der Waals surface area contributed by atoms with E-state index in [9.17, 15) is 10.2 Å². The maximum absolute atomic E-state index is 10.3. The van der Waals surface area contributed by atoms with Crippen LogP contribution in [0.1, 0.15) is 27.7 Å². The Morgan fingerprint density at radius 1 is 0.538 bits per heavy atom. The van der Waals surface area contributed by atoms with E-state index in [1.165, 1.54) is 0 Å². The maximum Gasteiger partial charge on any atom is 0.200 e. The van der Waals surface area contributed by atoms with Gasteiger partial charge in [0.05, 0.1) is 26.4 Å². The Bertz CT molecular complexity index is 624. The lowest BCUT2D eigenvalue weighted by atomic mass is 10.0. The molecule has 0 saturated heterocycles. The summed E-state index contributed by atoms with van der Waals surface area (Å²) in [7, 11) is 0. The predicted octanol–water partition coefficient (Wildman–Crippen LogP) is 4.36. The molecule has 0 amide bonds. The van der Waals surface area contributed by atoms with Crippen LogP contribution in [0.4, 0.5) is 0 Å². The van der Waals surface area contributed by atoms with Gasteiger partial charge in [0.25, 0.3) is 0 Å². The van der Waals surface area contributed by atoms with Crippen LogP contribution >= 0.6 is 0 Å². The SMILES string of the molecule is CCOc1cc(-c2cc(OCC)c(O)c(OCC)c2)cc(OCC)c1O. The molecule has 2 aromatic carbocycles. The third kappa shape index (κ3) is 4.25. The van der Waals surface area contributed by atoms with Gasteiger partial charge in [-0.25, -0.2) is 0 Å². The van der Waals surface area contributed by atoms with Crippen LogP contribution in [0.25, 0.3) is 11.1 Å². The molecule has 6 nitrogen and oxygen atoms in total. The van der Waals surface area contributed by atoms with Crippen molar-refractivity contribution in [3.05, 3.63) is 24.3 Å². The van der Waals surface area contributed by atoms with Crippen LogP contribution in [0.3, 0.4) is 0 Å². The molecule has 26 heavy (non-hydrogen) atoms. The van der Waals surface area contributed by atoms with Crippen molar-refractivity contribution in [2.75, 3.05) is 26.4 Å². The summed E-state index contributed by atoms with van der Waals surface area (Å²) in [5, 5.41) is 20.6. The van der Waals surface area contributed by atoms with Crippen LogP contribution < -0.4 is 18.9 Å². The Morgan fingerprint density at radius 3 is 0.962 bits per heavy atom. The topological polar surface area (TPSA) is 77.4 Å². The summed E-state index contributed by atoms with van der Waals surface area (Å²) < 4.78 is 22.1. The third-order valence-electron chi connectivity index (χ3n) is 3.61. The zero-order valence-electron chi connectivity index (χ0n) is 15.7. The number of aromatic hydroxyl groups is 2. The van der Waals surface area contributed by atoms with E-state index in [1.54, 1.807) is 24.3 Å². The molecular weight excluding hydrogens is 336 g/mol. The van der Waals surface area contributed by atoms with E-state index in [0.29, 0.717) is 49.4 Å². The van der Waals surface area contributed by atoms with Gasteiger partial charge in [0.1, 0.15) is 0 Å². The van der Waals surface area contributed by atoms with Gasteiger partial charge in [0.15, 0.2) is 23.0 Å². The molecule has 2 N–H and O–H groups in total. The van der Waals surface area contributed by atoms with Crippen LogP contribution in [0.15, 0.2) is 24.3 Å². The number of rotatable bonds is 9. The molecule has 142 valence electrons. The maximum atomic E-state index is 10.3. The first kappa shape index (κ1) is 19.6. The van der Waals surface area contributed by atoms with Crippen molar-refractivity contribution in [3.63, 3.8) is 0 Å². The summed E-state index contributed by atoms with van der Waals surface area (Å²) in [6, 6.07) is 6.89. The van der Waals surface area contributed by atoms with Gasteiger partial charge in [-0.2, -0.15) is 0 Å². The highest BCUT2D eigenvalue weighted by molar-refractivity contribution is 5.75. The Balaban J connectivity index is 2.61. The van der Waals surface area contributed by atoms with Crippen LogP contribution in [0.5, 0.6) is 34.5 Å². The predicted molar refractivity (Wildman–Crippen MR) is 99.9 cm³/mol. The van der Waals surface area contributed by atoms with E-state index in [-0.39, 0.29) is 11.5 Å². The summed E-state index contributed by atoms with van der Waals surface area (Å²) in [4.78, 5) is 0. The van der Waals surface area contributed by atoms with E-state index in [4.69, 9.17) is 18.9 Å². The first-order valence-electron chi connectivity index (χ1n) is 8.81.